The van der Waals surface area contributed by atoms with Crippen molar-refractivity contribution < 1.29 is 24.5 Å². The zero-order valence-corrected chi connectivity index (χ0v) is 9.08. The Balaban J connectivity index is 2.79. The Bertz CT molecular complexity index is 346. The lowest BCUT2D eigenvalue weighted by Gasteiger charge is -2.16. The smallest absolute Gasteiger partial charge is 0.337 e. The van der Waals surface area contributed by atoms with Crippen molar-refractivity contribution in [2.24, 2.45) is 0 Å². The lowest BCUT2D eigenvalue weighted by molar-refractivity contribution is -0.156. The van der Waals surface area contributed by atoms with Crippen LogP contribution in [-0.2, 0) is 9.53 Å². The van der Waals surface area contributed by atoms with Gasteiger partial charge in [-0.15, -0.1) is 0 Å². The number of carbonyl (C=O) groups is 1. The first-order valence-electron chi connectivity index (χ1n) is 4.68. The van der Waals surface area contributed by atoms with Gasteiger partial charge in [-0.05, 0) is 17.7 Å². The van der Waals surface area contributed by atoms with E-state index in [-0.39, 0.29) is 0 Å². The molecule has 0 radical (unpaired) electrons. The van der Waals surface area contributed by atoms with Crippen molar-refractivity contribution in [1.29, 1.82) is 0 Å². The summed E-state index contributed by atoms with van der Waals surface area (Å²) in [6.45, 7) is 0. The highest BCUT2D eigenvalue weighted by atomic mass is 16.5. The third kappa shape index (κ3) is 2.71. The van der Waals surface area contributed by atoms with Crippen LogP contribution in [0, 0.1) is 0 Å². The van der Waals surface area contributed by atoms with E-state index in [2.05, 4.69) is 4.74 Å². The average Bonchev–Trinajstić information content (AvgIpc) is 2.36. The summed E-state index contributed by atoms with van der Waals surface area (Å²) >= 11 is 0. The van der Waals surface area contributed by atoms with E-state index in [1.54, 1.807) is 24.3 Å². The molecular weight excluding hydrogens is 212 g/mol. The number of carbonyl (C=O) groups excluding carboxylic acids is 1. The van der Waals surface area contributed by atoms with Crippen molar-refractivity contribution in [1.82, 2.24) is 0 Å². The van der Waals surface area contributed by atoms with Crippen LogP contribution >= 0.6 is 0 Å². The van der Waals surface area contributed by atoms with Crippen molar-refractivity contribution in [3.63, 3.8) is 0 Å². The number of hydrogen-bond acceptors (Lipinski definition) is 5. The maximum absolute atomic E-state index is 11.0. The van der Waals surface area contributed by atoms with Gasteiger partial charge in [-0.3, -0.25) is 0 Å². The summed E-state index contributed by atoms with van der Waals surface area (Å²) < 4.78 is 9.27. The summed E-state index contributed by atoms with van der Waals surface area (Å²) in [4.78, 5) is 11.0. The Labute approximate surface area is 93.2 Å². The molecule has 0 aliphatic rings. The highest BCUT2D eigenvalue weighted by molar-refractivity contribution is 5.75. The zero-order valence-electron chi connectivity index (χ0n) is 9.08. The summed E-state index contributed by atoms with van der Waals surface area (Å²) in [6.07, 6.45) is -2.89. The number of benzene rings is 1. The fourth-order valence-electron chi connectivity index (χ4n) is 1.23. The molecule has 0 amide bonds. The number of rotatable bonds is 4. The lowest BCUT2D eigenvalue weighted by Crippen LogP contribution is -2.28. The number of aliphatic hydroxyl groups is 2. The van der Waals surface area contributed by atoms with Crippen LogP contribution in [0.25, 0.3) is 0 Å². The molecule has 0 fully saturated rings. The molecule has 0 heterocycles. The summed E-state index contributed by atoms with van der Waals surface area (Å²) in [7, 11) is 2.67. The second kappa shape index (κ2) is 5.48. The van der Waals surface area contributed by atoms with Crippen LogP contribution in [-0.4, -0.2) is 36.5 Å². The van der Waals surface area contributed by atoms with E-state index in [0.29, 0.717) is 11.3 Å². The van der Waals surface area contributed by atoms with Gasteiger partial charge in [-0.1, -0.05) is 12.1 Å². The van der Waals surface area contributed by atoms with Crippen molar-refractivity contribution in [2.75, 3.05) is 14.2 Å². The van der Waals surface area contributed by atoms with E-state index in [1.165, 1.54) is 7.11 Å². The number of esters is 1. The molecule has 1 aromatic rings. The van der Waals surface area contributed by atoms with Gasteiger partial charge in [-0.25, -0.2) is 4.79 Å². The number of methoxy groups -OCH3 is 2. The molecule has 0 spiro atoms. The van der Waals surface area contributed by atoms with Crippen LogP contribution in [0.3, 0.4) is 0 Å². The van der Waals surface area contributed by atoms with Crippen LogP contribution in [0.15, 0.2) is 24.3 Å². The van der Waals surface area contributed by atoms with Crippen molar-refractivity contribution in [2.45, 2.75) is 12.2 Å². The van der Waals surface area contributed by atoms with E-state index in [0.717, 1.165) is 7.11 Å². The fourth-order valence-corrected chi connectivity index (χ4v) is 1.23. The second-order valence-corrected chi connectivity index (χ2v) is 3.19. The average molecular weight is 226 g/mol. The molecule has 0 saturated heterocycles. The Kier molecular flexibility index (Phi) is 4.28. The predicted molar refractivity (Wildman–Crippen MR) is 56.0 cm³/mol. The van der Waals surface area contributed by atoms with Crippen LogP contribution in [0.4, 0.5) is 0 Å². The summed E-state index contributed by atoms with van der Waals surface area (Å²) in [5.41, 5.74) is 0.415. The molecule has 1 aromatic carbocycles. The molecule has 2 unspecified atom stereocenters. The SMILES string of the molecule is COC(=O)C(O)C(O)c1ccc(OC)cc1. The Morgan fingerprint density at radius 2 is 1.75 bits per heavy atom. The van der Waals surface area contributed by atoms with Gasteiger partial charge in [0, 0.05) is 0 Å². The minimum absolute atomic E-state index is 0.415. The Morgan fingerprint density at radius 3 is 2.19 bits per heavy atom. The molecule has 2 N–H and O–H groups in total. The molecule has 0 aromatic heterocycles. The van der Waals surface area contributed by atoms with Crippen molar-refractivity contribution >= 4 is 5.97 Å². The highest BCUT2D eigenvalue weighted by Crippen LogP contribution is 2.20. The van der Waals surface area contributed by atoms with E-state index in [1.807, 2.05) is 0 Å². The first kappa shape index (κ1) is 12.5. The van der Waals surface area contributed by atoms with Gasteiger partial charge in [0.05, 0.1) is 14.2 Å². The van der Waals surface area contributed by atoms with Crippen LogP contribution in [0.1, 0.15) is 11.7 Å². The van der Waals surface area contributed by atoms with E-state index < -0.39 is 18.2 Å². The molecule has 1 rings (SSSR count). The molecule has 16 heavy (non-hydrogen) atoms. The molecule has 0 bridgehead atoms. The van der Waals surface area contributed by atoms with Crippen molar-refractivity contribution in [3.8, 4) is 5.75 Å². The number of hydrogen-bond donors (Lipinski definition) is 2. The first-order valence-corrected chi connectivity index (χ1v) is 4.68. The lowest BCUT2D eigenvalue weighted by atomic mass is 10.0. The van der Waals surface area contributed by atoms with Gasteiger partial charge >= 0.3 is 5.97 Å². The molecular formula is C11H14O5. The normalized spacial score (nSPS) is 14.0. The monoisotopic (exact) mass is 226 g/mol. The summed E-state index contributed by atoms with van der Waals surface area (Å²) in [5.74, 6) is -0.244. The van der Waals surface area contributed by atoms with Gasteiger partial charge in [0.25, 0.3) is 0 Å². The number of aliphatic hydroxyl groups excluding tert-OH is 2. The largest absolute Gasteiger partial charge is 0.497 e. The Morgan fingerprint density at radius 1 is 1.19 bits per heavy atom. The highest BCUT2D eigenvalue weighted by Gasteiger charge is 2.26. The zero-order chi connectivity index (χ0) is 12.1. The van der Waals surface area contributed by atoms with Gasteiger partial charge in [0.1, 0.15) is 11.9 Å². The van der Waals surface area contributed by atoms with E-state index in [4.69, 9.17) is 4.74 Å². The minimum atomic E-state index is -1.58. The van der Waals surface area contributed by atoms with Gasteiger partial charge in [-0.2, -0.15) is 0 Å². The topological polar surface area (TPSA) is 76.0 Å². The third-order valence-electron chi connectivity index (χ3n) is 2.20. The fraction of sp³-hybridized carbons (Fsp3) is 0.364. The summed E-state index contributed by atoms with van der Waals surface area (Å²) in [5, 5.41) is 19.1. The molecule has 88 valence electrons. The van der Waals surface area contributed by atoms with E-state index in [9.17, 15) is 15.0 Å². The molecule has 5 heteroatoms. The molecule has 0 aliphatic carbocycles. The van der Waals surface area contributed by atoms with Crippen molar-refractivity contribution in [3.05, 3.63) is 29.8 Å². The molecule has 5 nitrogen and oxygen atoms in total. The van der Waals surface area contributed by atoms with Crippen LogP contribution in [0.5, 0.6) is 5.75 Å². The van der Waals surface area contributed by atoms with Crippen LogP contribution < -0.4 is 4.74 Å². The standard InChI is InChI=1S/C11H14O5/c1-15-8-5-3-7(4-6-8)9(12)10(13)11(14)16-2/h3-6,9-10,12-13H,1-2H3. The maximum atomic E-state index is 11.0. The maximum Gasteiger partial charge on any atom is 0.337 e. The summed E-state index contributed by atoms with van der Waals surface area (Å²) in [6, 6.07) is 6.39. The van der Waals surface area contributed by atoms with E-state index >= 15 is 0 Å². The molecule has 0 saturated carbocycles. The predicted octanol–water partition coefficient (Wildman–Crippen LogP) is 0.263. The van der Waals surface area contributed by atoms with Gasteiger partial charge in [0.2, 0.25) is 0 Å². The second-order valence-electron chi connectivity index (χ2n) is 3.19. The van der Waals surface area contributed by atoms with Crippen LogP contribution in [0.2, 0.25) is 0 Å². The van der Waals surface area contributed by atoms with Gasteiger partial charge < -0.3 is 19.7 Å². The number of ether oxygens (including phenoxy) is 2. The quantitative estimate of drug-likeness (QED) is 0.720. The first-order chi connectivity index (χ1) is 7.60. The molecule has 0 aliphatic heterocycles. The third-order valence-corrected chi connectivity index (χ3v) is 2.20. The van der Waals surface area contributed by atoms with Gasteiger partial charge in [0.15, 0.2) is 6.10 Å². The minimum Gasteiger partial charge on any atom is -0.497 e. The Hall–Kier alpha value is -1.59. The molecule has 2 atom stereocenters.